The number of halogens is 1. The summed E-state index contributed by atoms with van der Waals surface area (Å²) in [6, 6.07) is 12.1. The predicted molar refractivity (Wildman–Crippen MR) is 88.5 cm³/mol. The monoisotopic (exact) mass is 381 g/mol. The van der Waals surface area contributed by atoms with E-state index in [9.17, 15) is 0 Å². The van der Waals surface area contributed by atoms with Crippen molar-refractivity contribution in [3.05, 3.63) is 45.5 Å². The Morgan fingerprint density at radius 2 is 2.05 bits per heavy atom. The molecule has 0 bridgehead atoms. The van der Waals surface area contributed by atoms with Crippen molar-refractivity contribution in [1.29, 1.82) is 0 Å². The molecule has 1 heterocycles. The minimum absolute atomic E-state index is 0.786. The van der Waals surface area contributed by atoms with Gasteiger partial charge in [-0.2, -0.15) is 0 Å². The van der Waals surface area contributed by atoms with Gasteiger partial charge in [0.2, 0.25) is 0 Å². The molecule has 0 fully saturated rings. The zero-order chi connectivity index (χ0) is 13.4. The Morgan fingerprint density at radius 3 is 2.84 bits per heavy atom. The van der Waals surface area contributed by atoms with Crippen LogP contribution in [-0.4, -0.2) is 9.97 Å². The van der Waals surface area contributed by atoms with Gasteiger partial charge in [0.15, 0.2) is 5.16 Å². The maximum atomic E-state index is 5.76. The zero-order valence-corrected chi connectivity index (χ0v) is 13.2. The van der Waals surface area contributed by atoms with Crippen LogP contribution < -0.4 is 5.73 Å². The summed E-state index contributed by atoms with van der Waals surface area (Å²) in [5.74, 6) is 0. The van der Waals surface area contributed by atoms with Crippen LogP contribution in [0.2, 0.25) is 0 Å². The lowest BCUT2D eigenvalue weighted by atomic mass is 10.2. The maximum absolute atomic E-state index is 5.76. The molecule has 0 radical (unpaired) electrons. The fourth-order valence-electron chi connectivity index (χ4n) is 1.85. The largest absolute Gasteiger partial charge is 0.399 e. The standard InChI is InChI=1S/C14H12IN3S/c1-8-2-4-11-12(6-8)18-14(17-11)19-13-5-3-9(16)7-10(13)15/h2-7H,16H2,1H3,(H,17,18). The summed E-state index contributed by atoms with van der Waals surface area (Å²) in [6.07, 6.45) is 0. The van der Waals surface area contributed by atoms with Crippen LogP contribution >= 0.6 is 34.4 Å². The molecule has 2 aromatic carbocycles. The van der Waals surface area contributed by atoms with Crippen LogP contribution in [0.5, 0.6) is 0 Å². The molecule has 0 amide bonds. The van der Waals surface area contributed by atoms with E-state index < -0.39 is 0 Å². The molecule has 3 rings (SSSR count). The van der Waals surface area contributed by atoms with E-state index in [0.29, 0.717) is 0 Å². The molecule has 5 heteroatoms. The number of H-pyrrole nitrogens is 1. The van der Waals surface area contributed by atoms with Crippen molar-refractivity contribution in [1.82, 2.24) is 9.97 Å². The Labute approximate surface area is 129 Å². The fraction of sp³-hybridized carbons (Fsp3) is 0.0714. The number of nitrogen functional groups attached to an aromatic ring is 1. The van der Waals surface area contributed by atoms with Crippen molar-refractivity contribution in [2.75, 3.05) is 5.73 Å². The minimum atomic E-state index is 0.786. The molecule has 0 aliphatic heterocycles. The van der Waals surface area contributed by atoms with Crippen LogP contribution in [0.4, 0.5) is 5.69 Å². The Bertz CT molecular complexity index is 752. The number of imidazole rings is 1. The fourth-order valence-corrected chi connectivity index (χ4v) is 3.53. The number of anilines is 1. The van der Waals surface area contributed by atoms with Gasteiger partial charge < -0.3 is 10.7 Å². The van der Waals surface area contributed by atoms with Gasteiger partial charge in [-0.25, -0.2) is 4.98 Å². The first kappa shape index (κ1) is 12.8. The summed E-state index contributed by atoms with van der Waals surface area (Å²) >= 11 is 3.92. The van der Waals surface area contributed by atoms with Gasteiger partial charge in [-0.3, -0.25) is 0 Å². The number of nitrogens with one attached hydrogen (secondary N) is 1. The highest BCUT2D eigenvalue weighted by Crippen LogP contribution is 2.31. The Kier molecular flexibility index (Phi) is 3.40. The van der Waals surface area contributed by atoms with Crippen molar-refractivity contribution < 1.29 is 0 Å². The number of benzene rings is 2. The first-order chi connectivity index (χ1) is 9.11. The molecule has 0 saturated heterocycles. The summed E-state index contributed by atoms with van der Waals surface area (Å²) < 4.78 is 1.14. The Balaban J connectivity index is 1.96. The molecular formula is C14H12IN3S. The number of hydrogen-bond acceptors (Lipinski definition) is 3. The Morgan fingerprint density at radius 1 is 1.21 bits per heavy atom. The van der Waals surface area contributed by atoms with Gasteiger partial charge in [0.25, 0.3) is 0 Å². The first-order valence-electron chi connectivity index (χ1n) is 5.81. The molecule has 19 heavy (non-hydrogen) atoms. The summed E-state index contributed by atoms with van der Waals surface area (Å²) in [6.45, 7) is 2.08. The van der Waals surface area contributed by atoms with E-state index in [1.165, 1.54) is 5.56 Å². The average Bonchev–Trinajstić information content (AvgIpc) is 2.74. The normalized spacial score (nSPS) is 11.1. The van der Waals surface area contributed by atoms with Gasteiger partial charge >= 0.3 is 0 Å². The highest BCUT2D eigenvalue weighted by molar-refractivity contribution is 14.1. The lowest BCUT2D eigenvalue weighted by Crippen LogP contribution is -1.87. The molecule has 0 aliphatic carbocycles. The molecule has 0 saturated carbocycles. The first-order valence-corrected chi connectivity index (χ1v) is 7.70. The van der Waals surface area contributed by atoms with Gasteiger partial charge in [0.1, 0.15) is 0 Å². The Hall–Kier alpha value is -1.21. The SMILES string of the molecule is Cc1ccc2nc(Sc3ccc(N)cc3I)[nH]c2c1. The summed E-state index contributed by atoms with van der Waals surface area (Å²) in [7, 11) is 0. The highest BCUT2D eigenvalue weighted by atomic mass is 127. The topological polar surface area (TPSA) is 54.7 Å². The van der Waals surface area contributed by atoms with Crippen LogP contribution in [0, 0.1) is 10.5 Å². The number of nitrogens with zero attached hydrogens (tertiary/aromatic N) is 1. The van der Waals surface area contributed by atoms with Crippen molar-refractivity contribution >= 4 is 51.1 Å². The number of aromatic nitrogens is 2. The van der Waals surface area contributed by atoms with E-state index in [4.69, 9.17) is 5.73 Å². The van der Waals surface area contributed by atoms with Gasteiger partial charge in [-0.1, -0.05) is 17.8 Å². The number of aromatic amines is 1. The second-order valence-electron chi connectivity index (χ2n) is 4.35. The highest BCUT2D eigenvalue weighted by Gasteiger charge is 2.07. The molecule has 0 aliphatic rings. The van der Waals surface area contributed by atoms with Gasteiger partial charge in [0, 0.05) is 14.2 Å². The molecule has 96 valence electrons. The van der Waals surface area contributed by atoms with Gasteiger partial charge in [0.05, 0.1) is 11.0 Å². The number of hydrogen-bond donors (Lipinski definition) is 2. The van der Waals surface area contributed by atoms with E-state index in [1.54, 1.807) is 11.8 Å². The minimum Gasteiger partial charge on any atom is -0.399 e. The average molecular weight is 381 g/mol. The number of aryl methyl sites for hydroxylation is 1. The zero-order valence-electron chi connectivity index (χ0n) is 10.3. The van der Waals surface area contributed by atoms with Gasteiger partial charge in [-0.05, 0) is 65.4 Å². The smallest absolute Gasteiger partial charge is 0.171 e. The lowest BCUT2D eigenvalue weighted by Gasteiger charge is -2.02. The van der Waals surface area contributed by atoms with Crippen molar-refractivity contribution in [2.45, 2.75) is 17.0 Å². The molecule has 1 aromatic heterocycles. The van der Waals surface area contributed by atoms with Crippen LogP contribution in [0.3, 0.4) is 0 Å². The van der Waals surface area contributed by atoms with Crippen molar-refractivity contribution in [3.8, 4) is 0 Å². The summed E-state index contributed by atoms with van der Waals surface area (Å²) in [5, 5.41) is 0.906. The van der Waals surface area contributed by atoms with E-state index in [2.05, 4.69) is 51.6 Å². The molecule has 0 unspecified atom stereocenters. The maximum Gasteiger partial charge on any atom is 0.171 e. The third kappa shape index (κ3) is 2.71. The lowest BCUT2D eigenvalue weighted by molar-refractivity contribution is 1.08. The quantitative estimate of drug-likeness (QED) is 0.517. The molecule has 3 N–H and O–H groups in total. The van der Waals surface area contributed by atoms with Crippen LogP contribution in [0.1, 0.15) is 5.56 Å². The van der Waals surface area contributed by atoms with Crippen molar-refractivity contribution in [3.63, 3.8) is 0 Å². The number of rotatable bonds is 2. The number of fused-ring (bicyclic) bond motifs is 1. The second kappa shape index (κ2) is 5.05. The van der Waals surface area contributed by atoms with Gasteiger partial charge in [-0.15, -0.1) is 0 Å². The van der Waals surface area contributed by atoms with Crippen LogP contribution in [-0.2, 0) is 0 Å². The summed E-state index contributed by atoms with van der Waals surface area (Å²) in [4.78, 5) is 9.09. The molecule has 0 spiro atoms. The molecule has 3 aromatic rings. The van der Waals surface area contributed by atoms with Crippen molar-refractivity contribution in [2.24, 2.45) is 0 Å². The van der Waals surface area contributed by atoms with E-state index in [0.717, 1.165) is 30.3 Å². The van der Waals surface area contributed by atoms with E-state index >= 15 is 0 Å². The van der Waals surface area contributed by atoms with E-state index in [-0.39, 0.29) is 0 Å². The molecule has 0 atom stereocenters. The third-order valence-electron chi connectivity index (χ3n) is 2.78. The third-order valence-corrected chi connectivity index (χ3v) is 5.00. The van der Waals surface area contributed by atoms with E-state index in [1.807, 2.05) is 24.3 Å². The van der Waals surface area contributed by atoms with Crippen LogP contribution in [0.25, 0.3) is 11.0 Å². The van der Waals surface area contributed by atoms with Crippen LogP contribution in [0.15, 0.2) is 46.5 Å². The summed E-state index contributed by atoms with van der Waals surface area (Å²) in [5.41, 5.74) is 9.85. The number of nitrogens with two attached hydrogens (primary N) is 1. The predicted octanol–water partition coefficient (Wildman–Crippen LogP) is 4.21. The molecular weight excluding hydrogens is 369 g/mol. The second-order valence-corrected chi connectivity index (χ2v) is 6.55. The molecule has 3 nitrogen and oxygen atoms in total.